The highest BCUT2D eigenvalue weighted by atomic mass is 14.4. The molecular weight excluding hydrogens is 288 g/mol. The molecule has 0 aromatic heterocycles. The van der Waals surface area contributed by atoms with Crippen molar-refractivity contribution in [2.45, 2.75) is 78.1 Å². The summed E-state index contributed by atoms with van der Waals surface area (Å²) in [7, 11) is 0. The van der Waals surface area contributed by atoms with Crippen LogP contribution in [0.3, 0.4) is 0 Å². The van der Waals surface area contributed by atoms with Gasteiger partial charge in [0, 0.05) is 10.8 Å². The van der Waals surface area contributed by atoms with E-state index < -0.39 is 0 Å². The highest BCUT2D eigenvalue weighted by Crippen LogP contribution is 2.50. The van der Waals surface area contributed by atoms with Gasteiger partial charge in [0.15, 0.2) is 0 Å². The normalized spacial score (nSPS) is 17.5. The first-order chi connectivity index (χ1) is 11.2. The van der Waals surface area contributed by atoms with Crippen LogP contribution in [0.25, 0.3) is 0 Å². The average Bonchev–Trinajstić information content (AvgIpc) is 2.54. The van der Waals surface area contributed by atoms with Crippen LogP contribution in [0.1, 0.15) is 93.7 Å². The van der Waals surface area contributed by atoms with Crippen LogP contribution in [-0.4, -0.2) is 0 Å². The summed E-state index contributed by atoms with van der Waals surface area (Å²) in [6.07, 6.45) is 2.43. The highest BCUT2D eigenvalue weighted by molar-refractivity contribution is 5.59. The van der Waals surface area contributed by atoms with Crippen LogP contribution in [0.15, 0.2) is 36.4 Å². The molecule has 0 N–H and O–H groups in total. The maximum Gasteiger partial charge on any atom is 0.0152 e. The number of aryl methyl sites for hydroxylation is 1. The fourth-order valence-corrected chi connectivity index (χ4v) is 4.65. The van der Waals surface area contributed by atoms with Gasteiger partial charge in [-0.05, 0) is 53.5 Å². The minimum Gasteiger partial charge on any atom is -0.0648 e. The van der Waals surface area contributed by atoms with E-state index in [1.54, 1.807) is 0 Å². The van der Waals surface area contributed by atoms with E-state index in [-0.39, 0.29) is 10.8 Å². The smallest absolute Gasteiger partial charge is 0.0152 e. The second-order valence-electron chi connectivity index (χ2n) is 8.62. The molecule has 0 radical (unpaired) electrons. The van der Waals surface area contributed by atoms with Crippen molar-refractivity contribution in [1.29, 1.82) is 0 Å². The monoisotopic (exact) mass is 320 g/mol. The number of hydrogen-bond donors (Lipinski definition) is 0. The van der Waals surface area contributed by atoms with Crippen molar-refractivity contribution in [3.05, 3.63) is 69.8 Å². The highest BCUT2D eigenvalue weighted by Gasteiger charge is 2.41. The summed E-state index contributed by atoms with van der Waals surface area (Å²) < 4.78 is 0. The summed E-state index contributed by atoms with van der Waals surface area (Å²) in [5.41, 5.74) is 9.01. The topological polar surface area (TPSA) is 0 Å². The maximum absolute atomic E-state index is 2.51. The van der Waals surface area contributed by atoms with Crippen LogP contribution in [0, 0.1) is 6.92 Å². The van der Waals surface area contributed by atoms with Gasteiger partial charge in [0.1, 0.15) is 0 Å². The van der Waals surface area contributed by atoms with E-state index >= 15 is 0 Å². The zero-order chi connectivity index (χ0) is 17.7. The lowest BCUT2D eigenvalue weighted by molar-refractivity contribution is 0.517. The van der Waals surface area contributed by atoms with Crippen LogP contribution in [0.4, 0.5) is 0 Å². The molecular formula is C24H32. The van der Waals surface area contributed by atoms with Gasteiger partial charge < -0.3 is 0 Å². The molecule has 0 spiro atoms. The molecule has 1 aliphatic rings. The van der Waals surface area contributed by atoms with Gasteiger partial charge in [-0.25, -0.2) is 0 Å². The Bertz CT molecular complexity index is 758. The van der Waals surface area contributed by atoms with Crippen molar-refractivity contribution < 1.29 is 0 Å². The molecule has 3 rings (SSSR count). The first-order valence-electron chi connectivity index (χ1n) is 9.50. The summed E-state index contributed by atoms with van der Waals surface area (Å²) in [5.74, 6) is 0.675. The van der Waals surface area contributed by atoms with Crippen LogP contribution in [0.5, 0.6) is 0 Å². The lowest BCUT2D eigenvalue weighted by Crippen LogP contribution is -2.36. The van der Waals surface area contributed by atoms with E-state index in [0.29, 0.717) is 5.92 Å². The van der Waals surface area contributed by atoms with E-state index in [4.69, 9.17) is 0 Å². The Morgan fingerprint density at radius 1 is 0.708 bits per heavy atom. The Morgan fingerprint density at radius 3 is 1.75 bits per heavy atom. The van der Waals surface area contributed by atoms with Crippen molar-refractivity contribution in [3.8, 4) is 0 Å². The van der Waals surface area contributed by atoms with Gasteiger partial charge in [0.05, 0.1) is 0 Å². The third-order valence-electron chi connectivity index (χ3n) is 6.37. The Hall–Kier alpha value is -1.56. The molecule has 0 heterocycles. The molecule has 0 nitrogen and oxygen atoms in total. The fraction of sp³-hybridized carbons (Fsp3) is 0.500. The van der Waals surface area contributed by atoms with Crippen molar-refractivity contribution in [2.75, 3.05) is 0 Å². The Labute approximate surface area is 148 Å². The van der Waals surface area contributed by atoms with E-state index in [1.807, 2.05) is 0 Å². The second-order valence-corrected chi connectivity index (χ2v) is 8.62. The third-order valence-corrected chi connectivity index (χ3v) is 6.37. The van der Waals surface area contributed by atoms with Crippen LogP contribution < -0.4 is 0 Å². The molecule has 0 heteroatoms. The minimum absolute atomic E-state index is 0.0654. The van der Waals surface area contributed by atoms with Gasteiger partial charge in [0.25, 0.3) is 0 Å². The van der Waals surface area contributed by atoms with Crippen LogP contribution >= 0.6 is 0 Å². The molecule has 0 unspecified atom stereocenters. The summed E-state index contributed by atoms with van der Waals surface area (Å²) >= 11 is 0. The standard InChI is InChI=1S/C24H32/c1-8-17(9-2)18-11-13-20-22(15-18)24(6,7)19-12-10-16(3)14-21(19)23(20,4)5/h10-15,17H,8-9H2,1-7H3. The molecule has 0 aliphatic heterocycles. The number of fused-ring (bicyclic) bond motifs is 2. The molecule has 0 bridgehead atoms. The van der Waals surface area contributed by atoms with Crippen LogP contribution in [-0.2, 0) is 10.8 Å². The van der Waals surface area contributed by atoms with Gasteiger partial charge in [0.2, 0.25) is 0 Å². The van der Waals surface area contributed by atoms with Gasteiger partial charge in [-0.15, -0.1) is 0 Å². The lowest BCUT2D eigenvalue weighted by atomic mass is 9.59. The van der Waals surface area contributed by atoms with Crippen molar-refractivity contribution in [2.24, 2.45) is 0 Å². The largest absolute Gasteiger partial charge is 0.0648 e. The summed E-state index contributed by atoms with van der Waals surface area (Å²) in [4.78, 5) is 0. The van der Waals surface area contributed by atoms with E-state index in [0.717, 1.165) is 0 Å². The van der Waals surface area contributed by atoms with E-state index in [1.165, 1.54) is 46.2 Å². The van der Waals surface area contributed by atoms with E-state index in [9.17, 15) is 0 Å². The zero-order valence-electron chi connectivity index (χ0n) is 16.5. The molecule has 2 aromatic rings. The molecule has 1 aliphatic carbocycles. The first-order valence-corrected chi connectivity index (χ1v) is 9.50. The van der Waals surface area contributed by atoms with Gasteiger partial charge in [-0.3, -0.25) is 0 Å². The second kappa shape index (κ2) is 5.76. The Kier molecular flexibility index (Phi) is 4.14. The minimum atomic E-state index is 0.0654. The fourth-order valence-electron chi connectivity index (χ4n) is 4.65. The summed E-state index contributed by atoms with van der Waals surface area (Å²) in [5, 5.41) is 0. The molecule has 0 saturated carbocycles. The average molecular weight is 321 g/mol. The van der Waals surface area contributed by atoms with E-state index in [2.05, 4.69) is 84.9 Å². The quantitative estimate of drug-likeness (QED) is 0.579. The predicted molar refractivity (Wildman–Crippen MR) is 105 cm³/mol. The molecule has 0 saturated heterocycles. The number of rotatable bonds is 3. The molecule has 2 aromatic carbocycles. The lowest BCUT2D eigenvalue weighted by Gasteiger charge is -2.44. The van der Waals surface area contributed by atoms with Crippen molar-refractivity contribution in [1.82, 2.24) is 0 Å². The first kappa shape index (κ1) is 17.3. The number of hydrogen-bond acceptors (Lipinski definition) is 0. The molecule has 0 amide bonds. The summed E-state index contributed by atoms with van der Waals surface area (Å²) in [6.45, 7) is 16.4. The Morgan fingerprint density at radius 2 is 1.21 bits per heavy atom. The summed E-state index contributed by atoms with van der Waals surface area (Å²) in [6, 6.07) is 14.3. The van der Waals surface area contributed by atoms with Gasteiger partial charge >= 0.3 is 0 Å². The van der Waals surface area contributed by atoms with Crippen molar-refractivity contribution >= 4 is 0 Å². The zero-order valence-corrected chi connectivity index (χ0v) is 16.5. The molecule has 24 heavy (non-hydrogen) atoms. The molecule has 0 fully saturated rings. The van der Waals surface area contributed by atoms with Gasteiger partial charge in [-0.2, -0.15) is 0 Å². The molecule has 0 atom stereocenters. The molecule has 128 valence electrons. The van der Waals surface area contributed by atoms with Gasteiger partial charge in [-0.1, -0.05) is 83.5 Å². The predicted octanol–water partition coefficient (Wildman–Crippen LogP) is 6.86. The third kappa shape index (κ3) is 2.42. The Balaban J connectivity index is 2.26. The van der Waals surface area contributed by atoms with Crippen LogP contribution in [0.2, 0.25) is 0 Å². The number of benzene rings is 2. The SMILES string of the molecule is CCC(CC)c1ccc2c(c1)C(C)(C)c1ccc(C)cc1C2(C)C. The van der Waals surface area contributed by atoms with Crippen molar-refractivity contribution in [3.63, 3.8) is 0 Å². The maximum atomic E-state index is 2.51.